The van der Waals surface area contributed by atoms with Crippen molar-refractivity contribution in [2.24, 2.45) is 7.05 Å². The minimum Gasteiger partial charge on any atom is -0.417 e. The zero-order valence-electron chi connectivity index (χ0n) is 13.1. The van der Waals surface area contributed by atoms with Gasteiger partial charge in [-0.05, 0) is 6.07 Å². The number of carbonyl (C=O) groups is 1. The van der Waals surface area contributed by atoms with E-state index >= 15 is 0 Å². The second-order valence-corrected chi connectivity index (χ2v) is 5.42. The molecule has 9 heteroatoms. The summed E-state index contributed by atoms with van der Waals surface area (Å²) in [6.07, 6.45) is 4.99. The van der Waals surface area contributed by atoms with Gasteiger partial charge in [0.2, 0.25) is 5.88 Å². The van der Waals surface area contributed by atoms with Gasteiger partial charge in [-0.25, -0.2) is 4.98 Å². The highest BCUT2D eigenvalue weighted by Crippen LogP contribution is 2.17. The predicted octanol–water partition coefficient (Wildman–Crippen LogP) is 1.38. The smallest absolute Gasteiger partial charge is 0.388 e. The van der Waals surface area contributed by atoms with E-state index in [-0.39, 0.29) is 11.8 Å². The van der Waals surface area contributed by atoms with Gasteiger partial charge in [-0.15, -0.1) is 0 Å². The van der Waals surface area contributed by atoms with Crippen LogP contribution in [0.2, 0.25) is 0 Å². The molecule has 0 radical (unpaired) electrons. The Balaban J connectivity index is 1.58. The van der Waals surface area contributed by atoms with Crippen LogP contribution in [0.15, 0.2) is 30.7 Å². The lowest BCUT2D eigenvalue weighted by Gasteiger charge is -2.35. The van der Waals surface area contributed by atoms with Gasteiger partial charge in [-0.3, -0.25) is 9.48 Å². The van der Waals surface area contributed by atoms with Crippen LogP contribution in [0.5, 0.6) is 5.88 Å². The van der Waals surface area contributed by atoms with Gasteiger partial charge in [0.1, 0.15) is 0 Å². The highest BCUT2D eigenvalue weighted by atomic mass is 19.3. The summed E-state index contributed by atoms with van der Waals surface area (Å²) in [7, 11) is 1.86. The summed E-state index contributed by atoms with van der Waals surface area (Å²) in [5.41, 5.74) is 1.38. The number of ether oxygens (including phenoxy) is 1. The zero-order chi connectivity index (χ0) is 17.1. The minimum absolute atomic E-state index is 0.170. The molecule has 128 valence electrons. The van der Waals surface area contributed by atoms with Gasteiger partial charge >= 0.3 is 6.61 Å². The molecule has 2 aromatic rings. The van der Waals surface area contributed by atoms with Crippen molar-refractivity contribution in [3.8, 4) is 5.88 Å². The number of rotatable bonds is 4. The maximum Gasteiger partial charge on any atom is 0.388 e. The molecule has 1 fully saturated rings. The largest absolute Gasteiger partial charge is 0.417 e. The number of aromatic nitrogens is 3. The van der Waals surface area contributed by atoms with Crippen molar-refractivity contribution in [3.05, 3.63) is 36.3 Å². The van der Waals surface area contributed by atoms with E-state index < -0.39 is 6.61 Å². The molecule has 0 saturated carbocycles. The fraction of sp³-hybridized carbons (Fsp3) is 0.400. The molecule has 0 unspecified atom stereocenters. The van der Waals surface area contributed by atoms with Crippen LogP contribution in [-0.2, 0) is 7.05 Å². The van der Waals surface area contributed by atoms with Crippen LogP contribution in [0.3, 0.4) is 0 Å². The summed E-state index contributed by atoms with van der Waals surface area (Å²) in [6.45, 7) is -0.374. The molecule has 3 heterocycles. The normalized spacial score (nSPS) is 15.0. The second kappa shape index (κ2) is 6.81. The molecule has 1 amide bonds. The Morgan fingerprint density at radius 3 is 2.50 bits per heavy atom. The van der Waals surface area contributed by atoms with E-state index in [2.05, 4.69) is 19.7 Å². The van der Waals surface area contributed by atoms with Crippen LogP contribution in [0, 0.1) is 0 Å². The number of piperazine rings is 1. The number of amides is 1. The molecule has 3 rings (SSSR count). The Bertz CT molecular complexity index is 696. The van der Waals surface area contributed by atoms with Crippen LogP contribution in [-0.4, -0.2) is 58.4 Å². The van der Waals surface area contributed by atoms with Crippen molar-refractivity contribution in [3.63, 3.8) is 0 Å². The van der Waals surface area contributed by atoms with Crippen LogP contribution in [0.4, 0.5) is 14.5 Å². The molecule has 7 nitrogen and oxygen atoms in total. The molecule has 24 heavy (non-hydrogen) atoms. The van der Waals surface area contributed by atoms with Gasteiger partial charge < -0.3 is 14.5 Å². The summed E-state index contributed by atoms with van der Waals surface area (Å²) in [5, 5.41) is 4.14. The van der Waals surface area contributed by atoms with Crippen LogP contribution >= 0.6 is 0 Å². The quantitative estimate of drug-likeness (QED) is 0.843. The first-order valence-corrected chi connectivity index (χ1v) is 7.46. The van der Waals surface area contributed by atoms with Crippen molar-refractivity contribution < 1.29 is 18.3 Å². The predicted molar refractivity (Wildman–Crippen MR) is 82.2 cm³/mol. The van der Waals surface area contributed by atoms with Crippen LogP contribution < -0.4 is 9.64 Å². The van der Waals surface area contributed by atoms with Gasteiger partial charge in [0.15, 0.2) is 0 Å². The van der Waals surface area contributed by atoms with E-state index in [1.807, 2.05) is 13.2 Å². The van der Waals surface area contributed by atoms with E-state index in [1.54, 1.807) is 15.8 Å². The lowest BCUT2D eigenvalue weighted by Crippen LogP contribution is -2.48. The Morgan fingerprint density at radius 2 is 1.96 bits per heavy atom. The van der Waals surface area contributed by atoms with Crippen molar-refractivity contribution in [2.75, 3.05) is 31.1 Å². The third-order valence-corrected chi connectivity index (χ3v) is 3.82. The summed E-state index contributed by atoms with van der Waals surface area (Å²) in [4.78, 5) is 20.1. The van der Waals surface area contributed by atoms with E-state index in [0.29, 0.717) is 31.7 Å². The molecule has 0 bridgehead atoms. The molecule has 0 N–H and O–H groups in total. The van der Waals surface area contributed by atoms with Gasteiger partial charge in [0.25, 0.3) is 5.91 Å². The van der Waals surface area contributed by atoms with Gasteiger partial charge in [0, 0.05) is 51.7 Å². The second-order valence-electron chi connectivity index (χ2n) is 5.42. The van der Waals surface area contributed by atoms with Crippen molar-refractivity contribution in [1.29, 1.82) is 0 Å². The molecule has 0 aliphatic carbocycles. The Labute approximate surface area is 137 Å². The summed E-state index contributed by atoms with van der Waals surface area (Å²) in [6, 6.07) is 2.71. The zero-order valence-corrected chi connectivity index (χ0v) is 13.1. The fourth-order valence-corrected chi connectivity index (χ4v) is 2.59. The van der Waals surface area contributed by atoms with E-state index in [1.165, 1.54) is 18.3 Å². The first-order chi connectivity index (χ1) is 11.5. The number of halogens is 2. The third kappa shape index (κ3) is 3.61. The van der Waals surface area contributed by atoms with E-state index in [9.17, 15) is 13.6 Å². The maximum atomic E-state index is 12.4. The number of pyridine rings is 1. The fourth-order valence-electron chi connectivity index (χ4n) is 2.59. The lowest BCUT2D eigenvalue weighted by molar-refractivity contribution is -0.0528. The average Bonchev–Trinajstić information content (AvgIpc) is 3.01. The van der Waals surface area contributed by atoms with Gasteiger partial charge in [0.05, 0.1) is 17.4 Å². The SMILES string of the molecule is Cn1cc(N2CCN(C(=O)c3ccc(OC(F)F)nc3)CC2)cn1. The molecule has 1 saturated heterocycles. The monoisotopic (exact) mass is 337 g/mol. The summed E-state index contributed by atoms with van der Waals surface area (Å²) in [5.74, 6) is -0.375. The molecule has 0 spiro atoms. The highest BCUT2D eigenvalue weighted by molar-refractivity contribution is 5.94. The van der Waals surface area contributed by atoms with Gasteiger partial charge in [-0.2, -0.15) is 13.9 Å². The number of nitrogens with zero attached hydrogens (tertiary/aromatic N) is 5. The summed E-state index contributed by atoms with van der Waals surface area (Å²) >= 11 is 0. The standard InChI is InChI=1S/C15H17F2N5O2/c1-20-10-12(9-19-20)21-4-6-22(7-5-21)14(23)11-2-3-13(18-8-11)24-15(16)17/h2-3,8-10,15H,4-7H2,1H3. The van der Waals surface area contributed by atoms with Crippen molar-refractivity contribution in [1.82, 2.24) is 19.7 Å². The lowest BCUT2D eigenvalue weighted by atomic mass is 10.2. The Morgan fingerprint density at radius 1 is 1.21 bits per heavy atom. The molecule has 1 aliphatic heterocycles. The van der Waals surface area contributed by atoms with Gasteiger partial charge in [-0.1, -0.05) is 0 Å². The number of alkyl halides is 2. The van der Waals surface area contributed by atoms with E-state index in [4.69, 9.17) is 0 Å². The number of aryl methyl sites for hydroxylation is 1. The molecule has 0 atom stereocenters. The molecular weight excluding hydrogens is 320 g/mol. The first-order valence-electron chi connectivity index (χ1n) is 7.46. The Kier molecular flexibility index (Phi) is 4.59. The highest BCUT2D eigenvalue weighted by Gasteiger charge is 2.23. The first kappa shape index (κ1) is 16.2. The third-order valence-electron chi connectivity index (χ3n) is 3.82. The van der Waals surface area contributed by atoms with Crippen molar-refractivity contribution >= 4 is 11.6 Å². The molecule has 0 aromatic carbocycles. The number of hydrogen-bond acceptors (Lipinski definition) is 5. The number of anilines is 1. The summed E-state index contributed by atoms with van der Waals surface area (Å²) < 4.78 is 30.1. The molecule has 1 aliphatic rings. The topological polar surface area (TPSA) is 63.5 Å². The van der Waals surface area contributed by atoms with E-state index in [0.717, 1.165) is 5.69 Å². The van der Waals surface area contributed by atoms with Crippen molar-refractivity contribution in [2.45, 2.75) is 6.61 Å². The van der Waals surface area contributed by atoms with Crippen LogP contribution in [0.1, 0.15) is 10.4 Å². The average molecular weight is 337 g/mol. The van der Waals surface area contributed by atoms with Crippen LogP contribution in [0.25, 0.3) is 0 Å². The molecule has 2 aromatic heterocycles. The maximum absolute atomic E-state index is 12.4. The Hall–Kier alpha value is -2.71. The number of carbonyl (C=O) groups excluding carboxylic acids is 1. The minimum atomic E-state index is -2.93. The molecular formula is C15H17F2N5O2. The number of hydrogen-bond donors (Lipinski definition) is 0.